The molecule has 0 fully saturated rings. The van der Waals surface area contributed by atoms with Gasteiger partial charge in [-0.05, 0) is 24.3 Å². The van der Waals surface area contributed by atoms with Crippen molar-refractivity contribution in [2.24, 2.45) is 0 Å². The van der Waals surface area contributed by atoms with Crippen LogP contribution in [0.4, 0.5) is 5.69 Å². The average Bonchev–Trinajstić information content (AvgIpc) is 3.09. The predicted octanol–water partition coefficient (Wildman–Crippen LogP) is 3.79. The van der Waals surface area contributed by atoms with E-state index in [0.717, 1.165) is 11.8 Å². The molecule has 126 valence electrons. The quantitative estimate of drug-likeness (QED) is 0.394. The van der Waals surface area contributed by atoms with Gasteiger partial charge in [0.05, 0.1) is 21.2 Å². The van der Waals surface area contributed by atoms with Gasteiger partial charge in [-0.2, -0.15) is 5.10 Å². The molecule has 0 bridgehead atoms. The van der Waals surface area contributed by atoms with Crippen molar-refractivity contribution in [1.29, 1.82) is 0 Å². The lowest BCUT2D eigenvalue weighted by Gasteiger charge is -2.05. The van der Waals surface area contributed by atoms with E-state index in [1.807, 2.05) is 30.3 Å². The molecule has 3 aromatic rings. The first-order valence-electron chi connectivity index (χ1n) is 7.25. The van der Waals surface area contributed by atoms with Crippen molar-refractivity contribution in [3.8, 4) is 5.69 Å². The minimum atomic E-state index is -0.747. The van der Waals surface area contributed by atoms with E-state index in [2.05, 4.69) is 5.10 Å². The van der Waals surface area contributed by atoms with Gasteiger partial charge in [0.2, 0.25) is 0 Å². The van der Waals surface area contributed by atoms with Crippen molar-refractivity contribution >= 4 is 23.3 Å². The van der Waals surface area contributed by atoms with Crippen LogP contribution in [-0.2, 0) is 11.3 Å². The molecule has 1 aromatic heterocycles. The molecule has 0 saturated heterocycles. The number of halogens is 1. The Morgan fingerprint density at radius 3 is 2.68 bits per heavy atom. The number of hydrogen-bond donors (Lipinski definition) is 0. The molecule has 7 nitrogen and oxygen atoms in total. The molecule has 0 aliphatic carbocycles. The van der Waals surface area contributed by atoms with Crippen LogP contribution in [-0.4, -0.2) is 20.7 Å². The molecular formula is C17H12ClN3O4. The molecular weight excluding hydrogens is 346 g/mol. The van der Waals surface area contributed by atoms with Crippen molar-refractivity contribution in [2.75, 3.05) is 0 Å². The van der Waals surface area contributed by atoms with Crippen LogP contribution in [0, 0.1) is 10.1 Å². The van der Waals surface area contributed by atoms with Crippen molar-refractivity contribution in [3.63, 3.8) is 0 Å². The first-order chi connectivity index (χ1) is 12.0. The zero-order valence-corrected chi connectivity index (χ0v) is 13.6. The van der Waals surface area contributed by atoms with Gasteiger partial charge >= 0.3 is 5.97 Å². The predicted molar refractivity (Wildman–Crippen MR) is 90.8 cm³/mol. The molecule has 0 saturated carbocycles. The number of nitro groups is 1. The van der Waals surface area contributed by atoms with E-state index in [-0.39, 0.29) is 22.9 Å². The van der Waals surface area contributed by atoms with Gasteiger partial charge in [0.15, 0.2) is 0 Å². The highest BCUT2D eigenvalue weighted by molar-refractivity contribution is 6.33. The highest BCUT2D eigenvalue weighted by atomic mass is 35.5. The van der Waals surface area contributed by atoms with Gasteiger partial charge in [-0.1, -0.05) is 29.8 Å². The highest BCUT2D eigenvalue weighted by Gasteiger charge is 2.17. The minimum absolute atomic E-state index is 0.0571. The van der Waals surface area contributed by atoms with Crippen LogP contribution in [0.3, 0.4) is 0 Å². The molecule has 0 aliphatic heterocycles. The van der Waals surface area contributed by atoms with Crippen LogP contribution < -0.4 is 0 Å². The Balaban J connectivity index is 1.70. The molecule has 0 radical (unpaired) electrons. The average molecular weight is 358 g/mol. The normalized spacial score (nSPS) is 10.4. The summed E-state index contributed by atoms with van der Waals surface area (Å²) in [5.74, 6) is -0.747. The second-order valence-corrected chi connectivity index (χ2v) is 5.49. The third-order valence-electron chi connectivity index (χ3n) is 3.40. The number of carbonyl (C=O) groups excluding carboxylic acids is 1. The van der Waals surface area contributed by atoms with Crippen molar-refractivity contribution < 1.29 is 14.5 Å². The zero-order valence-electron chi connectivity index (χ0n) is 12.8. The molecule has 0 N–H and O–H groups in total. The van der Waals surface area contributed by atoms with Crippen LogP contribution in [0.5, 0.6) is 0 Å². The summed E-state index contributed by atoms with van der Waals surface area (Å²) in [6, 6.07) is 14.8. The number of benzene rings is 2. The van der Waals surface area contributed by atoms with Gasteiger partial charge in [0.25, 0.3) is 5.69 Å². The molecule has 0 unspecified atom stereocenters. The number of non-ortho nitro benzene ring substituents is 1. The summed E-state index contributed by atoms with van der Waals surface area (Å²) in [4.78, 5) is 22.3. The number of ether oxygens (including phenoxy) is 1. The van der Waals surface area contributed by atoms with Gasteiger partial charge in [-0.25, -0.2) is 9.48 Å². The summed E-state index contributed by atoms with van der Waals surface area (Å²) in [7, 11) is 0. The highest BCUT2D eigenvalue weighted by Crippen LogP contribution is 2.23. The van der Waals surface area contributed by atoms with E-state index in [9.17, 15) is 14.9 Å². The Bertz CT molecular complexity index is 925. The van der Waals surface area contributed by atoms with Gasteiger partial charge in [0, 0.05) is 18.3 Å². The lowest BCUT2D eigenvalue weighted by atomic mass is 10.2. The van der Waals surface area contributed by atoms with Gasteiger partial charge in [-0.3, -0.25) is 10.1 Å². The molecule has 0 aliphatic rings. The smallest absolute Gasteiger partial charge is 0.340 e. The van der Waals surface area contributed by atoms with Crippen LogP contribution >= 0.6 is 11.6 Å². The Morgan fingerprint density at radius 1 is 1.20 bits per heavy atom. The van der Waals surface area contributed by atoms with E-state index in [1.54, 1.807) is 16.9 Å². The monoisotopic (exact) mass is 357 g/mol. The first kappa shape index (κ1) is 16.7. The molecule has 25 heavy (non-hydrogen) atoms. The number of carbonyl (C=O) groups is 1. The Labute approximate surface area is 147 Å². The number of esters is 1. The molecule has 0 atom stereocenters. The maximum absolute atomic E-state index is 12.1. The van der Waals surface area contributed by atoms with E-state index < -0.39 is 10.9 Å². The second kappa shape index (κ2) is 7.14. The SMILES string of the molecule is O=C(OCc1ccn(-c2ccccc2)n1)c1cc([N+](=O)[O-])ccc1Cl. The van der Waals surface area contributed by atoms with E-state index in [0.29, 0.717) is 5.69 Å². The fourth-order valence-corrected chi connectivity index (χ4v) is 2.36. The molecule has 8 heteroatoms. The van der Waals surface area contributed by atoms with Crippen molar-refractivity contribution in [1.82, 2.24) is 9.78 Å². The van der Waals surface area contributed by atoms with Crippen LogP contribution in [0.25, 0.3) is 5.69 Å². The summed E-state index contributed by atoms with van der Waals surface area (Å²) in [6.07, 6.45) is 1.75. The van der Waals surface area contributed by atoms with Gasteiger partial charge < -0.3 is 4.74 Å². The van der Waals surface area contributed by atoms with Gasteiger partial charge in [-0.15, -0.1) is 0 Å². The second-order valence-electron chi connectivity index (χ2n) is 5.08. The van der Waals surface area contributed by atoms with Crippen LogP contribution in [0.15, 0.2) is 60.8 Å². The fourth-order valence-electron chi connectivity index (χ4n) is 2.16. The standard InChI is InChI=1S/C17H12ClN3O4/c18-16-7-6-14(21(23)24)10-15(16)17(22)25-11-12-8-9-20(19-12)13-4-2-1-3-5-13/h1-10H,11H2. The number of aromatic nitrogens is 2. The summed E-state index contributed by atoms with van der Waals surface area (Å²) >= 11 is 5.92. The maximum atomic E-state index is 12.1. The van der Waals surface area contributed by atoms with E-state index >= 15 is 0 Å². The largest absolute Gasteiger partial charge is 0.455 e. The van der Waals surface area contributed by atoms with Crippen LogP contribution in [0.1, 0.15) is 16.1 Å². The number of nitro benzene ring substituents is 1. The van der Waals surface area contributed by atoms with Gasteiger partial charge in [0.1, 0.15) is 12.3 Å². The number of hydrogen-bond acceptors (Lipinski definition) is 5. The van der Waals surface area contributed by atoms with Crippen LogP contribution in [0.2, 0.25) is 5.02 Å². The van der Waals surface area contributed by atoms with E-state index in [4.69, 9.17) is 16.3 Å². The molecule has 0 spiro atoms. The topological polar surface area (TPSA) is 87.3 Å². The Kier molecular flexibility index (Phi) is 4.76. The summed E-state index contributed by atoms with van der Waals surface area (Å²) in [5, 5.41) is 15.2. The molecule has 3 rings (SSSR count). The Morgan fingerprint density at radius 2 is 1.96 bits per heavy atom. The number of para-hydroxylation sites is 1. The third kappa shape index (κ3) is 3.84. The zero-order chi connectivity index (χ0) is 17.8. The van der Waals surface area contributed by atoms with Crippen molar-refractivity contribution in [2.45, 2.75) is 6.61 Å². The Hall–Kier alpha value is -3.19. The maximum Gasteiger partial charge on any atom is 0.340 e. The number of rotatable bonds is 5. The molecule has 1 heterocycles. The first-order valence-corrected chi connectivity index (χ1v) is 7.63. The molecule has 0 amide bonds. The third-order valence-corrected chi connectivity index (χ3v) is 3.73. The van der Waals surface area contributed by atoms with E-state index in [1.165, 1.54) is 12.1 Å². The lowest BCUT2D eigenvalue weighted by Crippen LogP contribution is -2.07. The van der Waals surface area contributed by atoms with Crippen molar-refractivity contribution in [3.05, 3.63) is 87.2 Å². The summed E-state index contributed by atoms with van der Waals surface area (Å²) in [5.41, 5.74) is 1.13. The summed E-state index contributed by atoms with van der Waals surface area (Å²) in [6.45, 7) is -0.0717. The lowest BCUT2D eigenvalue weighted by molar-refractivity contribution is -0.384. The molecule has 2 aromatic carbocycles. The fraction of sp³-hybridized carbons (Fsp3) is 0.0588. The number of nitrogens with zero attached hydrogens (tertiary/aromatic N) is 3. The summed E-state index contributed by atoms with van der Waals surface area (Å²) < 4.78 is 6.81. The minimum Gasteiger partial charge on any atom is -0.455 e.